The number of aliphatic hydroxyl groups excluding tert-OH is 1. The van der Waals surface area contributed by atoms with E-state index in [1.54, 1.807) is 6.07 Å². The van der Waals surface area contributed by atoms with Crippen LogP contribution in [0, 0.1) is 0 Å². The minimum Gasteiger partial charge on any atom is -0.492 e. The number of hydrogen-bond donors (Lipinski definition) is 2. The fourth-order valence-electron chi connectivity index (χ4n) is 2.00. The predicted molar refractivity (Wildman–Crippen MR) is 72.6 cm³/mol. The van der Waals surface area contributed by atoms with E-state index in [4.69, 9.17) is 14.5 Å². The lowest BCUT2D eigenvalue weighted by molar-refractivity contribution is 0.197. The van der Waals surface area contributed by atoms with E-state index in [1.807, 2.05) is 6.07 Å². The standard InChI is InChI=1S/C11H13BBrNO4/c1-14-6-9-10-7(13)2-3-8(17-5-4-15)11(10)12(16)18-9/h2-3,9,15-16H,1,4-6H2/t9-/m1/s1. The number of nitrogens with zero attached hydrogens (tertiary/aromatic N) is 1. The zero-order valence-corrected chi connectivity index (χ0v) is 11.3. The summed E-state index contributed by atoms with van der Waals surface area (Å²) in [6.07, 6.45) is -0.334. The molecule has 18 heavy (non-hydrogen) atoms. The summed E-state index contributed by atoms with van der Waals surface area (Å²) < 4.78 is 11.6. The average Bonchev–Trinajstić information content (AvgIpc) is 2.68. The maximum Gasteiger partial charge on any atom is 0.495 e. The molecule has 1 aromatic carbocycles. The molecule has 0 aliphatic carbocycles. The Bertz CT molecular complexity index is 457. The van der Waals surface area contributed by atoms with Gasteiger partial charge in [0.25, 0.3) is 0 Å². The minimum atomic E-state index is -1.04. The van der Waals surface area contributed by atoms with Gasteiger partial charge in [0.1, 0.15) is 12.4 Å². The first-order valence-corrected chi connectivity index (χ1v) is 6.30. The van der Waals surface area contributed by atoms with E-state index in [0.29, 0.717) is 17.8 Å². The number of ether oxygens (including phenoxy) is 1. The van der Waals surface area contributed by atoms with Crippen LogP contribution < -0.4 is 10.2 Å². The van der Waals surface area contributed by atoms with E-state index in [1.165, 1.54) is 0 Å². The van der Waals surface area contributed by atoms with Gasteiger partial charge in [0.15, 0.2) is 0 Å². The molecule has 0 aromatic heterocycles. The van der Waals surface area contributed by atoms with Crippen LogP contribution in [0.5, 0.6) is 5.75 Å². The maximum absolute atomic E-state index is 9.94. The van der Waals surface area contributed by atoms with Gasteiger partial charge in [0.2, 0.25) is 0 Å². The third-order valence-corrected chi connectivity index (χ3v) is 3.39. The first-order chi connectivity index (χ1) is 8.69. The summed E-state index contributed by atoms with van der Waals surface area (Å²) in [5.41, 5.74) is 1.41. The van der Waals surface area contributed by atoms with E-state index >= 15 is 0 Å². The molecular formula is C11H13BBrNO4. The Kier molecular flexibility index (Phi) is 4.39. The highest BCUT2D eigenvalue weighted by atomic mass is 79.9. The molecule has 7 heteroatoms. The van der Waals surface area contributed by atoms with Gasteiger partial charge < -0.3 is 19.5 Å². The van der Waals surface area contributed by atoms with Crippen molar-refractivity contribution in [1.29, 1.82) is 0 Å². The highest BCUT2D eigenvalue weighted by molar-refractivity contribution is 9.10. The highest BCUT2D eigenvalue weighted by Gasteiger charge is 2.39. The summed E-state index contributed by atoms with van der Waals surface area (Å²) in [6, 6.07) is 3.55. The summed E-state index contributed by atoms with van der Waals surface area (Å²) in [5.74, 6) is 0.515. The summed E-state index contributed by atoms with van der Waals surface area (Å²) in [7, 11) is -1.04. The summed E-state index contributed by atoms with van der Waals surface area (Å²) in [6.45, 7) is 3.89. The second-order valence-electron chi connectivity index (χ2n) is 3.83. The van der Waals surface area contributed by atoms with Gasteiger partial charge >= 0.3 is 7.12 Å². The zero-order chi connectivity index (χ0) is 13.1. The SMILES string of the molecule is C=NC[C@H]1OB(O)c2c(OCCO)ccc(Br)c21. The first kappa shape index (κ1) is 13.5. The average molecular weight is 314 g/mol. The van der Waals surface area contributed by atoms with Crippen LogP contribution in [0.1, 0.15) is 11.7 Å². The van der Waals surface area contributed by atoms with Gasteiger partial charge in [-0.2, -0.15) is 0 Å². The largest absolute Gasteiger partial charge is 0.495 e. The molecule has 0 saturated carbocycles. The Morgan fingerprint density at radius 3 is 3.00 bits per heavy atom. The molecule has 1 aromatic rings. The molecule has 5 nitrogen and oxygen atoms in total. The van der Waals surface area contributed by atoms with Crippen molar-refractivity contribution >= 4 is 35.2 Å². The third-order valence-electron chi connectivity index (χ3n) is 2.70. The second kappa shape index (κ2) is 5.84. The lowest BCUT2D eigenvalue weighted by atomic mass is 9.78. The number of benzene rings is 1. The number of halogens is 1. The van der Waals surface area contributed by atoms with Gasteiger partial charge in [-0.1, -0.05) is 15.9 Å². The maximum atomic E-state index is 9.94. The van der Waals surface area contributed by atoms with Crippen molar-refractivity contribution in [3.05, 3.63) is 22.2 Å². The van der Waals surface area contributed by atoms with Crippen molar-refractivity contribution in [2.75, 3.05) is 19.8 Å². The van der Waals surface area contributed by atoms with E-state index < -0.39 is 7.12 Å². The molecule has 0 amide bonds. The van der Waals surface area contributed by atoms with Crippen molar-refractivity contribution < 1.29 is 19.5 Å². The lowest BCUT2D eigenvalue weighted by Crippen LogP contribution is -2.30. The monoisotopic (exact) mass is 313 g/mol. The molecule has 0 spiro atoms. The van der Waals surface area contributed by atoms with Crippen molar-refractivity contribution in [2.24, 2.45) is 4.99 Å². The quantitative estimate of drug-likeness (QED) is 0.605. The molecule has 0 saturated heterocycles. The Morgan fingerprint density at radius 2 is 2.33 bits per heavy atom. The van der Waals surface area contributed by atoms with Crippen LogP contribution >= 0.6 is 15.9 Å². The van der Waals surface area contributed by atoms with Crippen LogP contribution in [0.15, 0.2) is 21.6 Å². The molecule has 1 aliphatic rings. The van der Waals surface area contributed by atoms with Gasteiger partial charge in [0, 0.05) is 9.94 Å². The number of aliphatic imine (C=N–C) groups is 1. The van der Waals surface area contributed by atoms with Gasteiger partial charge in [0.05, 0.1) is 19.3 Å². The molecular weight excluding hydrogens is 301 g/mol. The number of rotatable bonds is 5. The fourth-order valence-corrected chi connectivity index (χ4v) is 2.60. The van der Waals surface area contributed by atoms with E-state index in [-0.39, 0.29) is 19.3 Å². The topological polar surface area (TPSA) is 71.3 Å². The van der Waals surface area contributed by atoms with Gasteiger partial charge in [-0.15, -0.1) is 0 Å². The highest BCUT2D eigenvalue weighted by Crippen LogP contribution is 2.33. The van der Waals surface area contributed by atoms with Crippen LogP contribution in [-0.4, -0.2) is 43.7 Å². The molecule has 2 N–H and O–H groups in total. The molecule has 0 unspecified atom stereocenters. The van der Waals surface area contributed by atoms with Gasteiger partial charge in [-0.3, -0.25) is 4.99 Å². The molecule has 0 fully saturated rings. The molecule has 1 atom stereocenters. The van der Waals surface area contributed by atoms with Crippen molar-refractivity contribution in [1.82, 2.24) is 0 Å². The predicted octanol–water partition coefficient (Wildman–Crippen LogP) is 0.280. The van der Waals surface area contributed by atoms with Crippen LogP contribution in [-0.2, 0) is 4.65 Å². The molecule has 2 rings (SSSR count). The van der Waals surface area contributed by atoms with Crippen molar-refractivity contribution in [3.63, 3.8) is 0 Å². The summed E-state index contributed by atoms with van der Waals surface area (Å²) in [4.78, 5) is 3.80. The zero-order valence-electron chi connectivity index (χ0n) is 9.67. The number of aliphatic hydroxyl groups is 1. The first-order valence-electron chi connectivity index (χ1n) is 5.51. The Labute approximate surface area is 114 Å². The van der Waals surface area contributed by atoms with Crippen LogP contribution in [0.25, 0.3) is 0 Å². The summed E-state index contributed by atoms with van der Waals surface area (Å²) >= 11 is 3.43. The van der Waals surface area contributed by atoms with Crippen LogP contribution in [0.3, 0.4) is 0 Å². The van der Waals surface area contributed by atoms with Gasteiger partial charge in [-0.05, 0) is 24.4 Å². The van der Waals surface area contributed by atoms with Crippen molar-refractivity contribution in [2.45, 2.75) is 6.10 Å². The lowest BCUT2D eigenvalue weighted by Gasteiger charge is -2.12. The van der Waals surface area contributed by atoms with E-state index in [9.17, 15) is 5.02 Å². The van der Waals surface area contributed by atoms with Crippen LogP contribution in [0.2, 0.25) is 0 Å². The smallest absolute Gasteiger partial charge is 0.492 e. The van der Waals surface area contributed by atoms with E-state index in [0.717, 1.165) is 10.0 Å². The Balaban J connectivity index is 2.40. The number of fused-ring (bicyclic) bond motifs is 1. The van der Waals surface area contributed by atoms with Crippen LogP contribution in [0.4, 0.5) is 0 Å². The summed E-state index contributed by atoms with van der Waals surface area (Å²) in [5, 5.41) is 18.7. The molecule has 0 bridgehead atoms. The van der Waals surface area contributed by atoms with Gasteiger partial charge in [-0.25, -0.2) is 0 Å². The van der Waals surface area contributed by atoms with Crippen molar-refractivity contribution in [3.8, 4) is 5.75 Å². The molecule has 0 radical (unpaired) electrons. The normalized spacial score (nSPS) is 17.7. The molecule has 1 aliphatic heterocycles. The van der Waals surface area contributed by atoms with E-state index in [2.05, 4.69) is 27.6 Å². The Morgan fingerprint density at radius 1 is 1.56 bits per heavy atom. The molecule has 96 valence electrons. The fraction of sp³-hybridized carbons (Fsp3) is 0.364. The third kappa shape index (κ3) is 2.44. The minimum absolute atomic E-state index is 0.0839. The number of hydrogen-bond acceptors (Lipinski definition) is 5. The Hall–Kier alpha value is -0.885. The second-order valence-corrected chi connectivity index (χ2v) is 4.68. The molecule has 1 heterocycles.